The quantitative estimate of drug-likeness (QED) is 0.858. The summed E-state index contributed by atoms with van der Waals surface area (Å²) in [6, 6.07) is 9.17. The number of unbranched alkanes of at least 4 members (excludes halogenated alkanes) is 1. The van der Waals surface area contributed by atoms with Crippen molar-refractivity contribution < 1.29 is 0 Å². The molecule has 2 heteroatoms. The van der Waals surface area contributed by atoms with Crippen LogP contribution in [0.2, 0.25) is 0 Å². The third-order valence-corrected chi connectivity index (χ3v) is 3.46. The van der Waals surface area contributed by atoms with Gasteiger partial charge >= 0.3 is 0 Å². The fourth-order valence-electron chi connectivity index (χ4n) is 2.36. The molecule has 0 saturated carbocycles. The number of anilines is 1. The Balaban J connectivity index is 1.96. The molecule has 1 aliphatic rings. The van der Waals surface area contributed by atoms with Gasteiger partial charge in [-0.25, -0.2) is 0 Å². The van der Waals surface area contributed by atoms with Crippen LogP contribution in [0.5, 0.6) is 0 Å². The first-order valence-electron chi connectivity index (χ1n) is 6.95. The Hall–Kier alpha value is -1.02. The summed E-state index contributed by atoms with van der Waals surface area (Å²) in [5.74, 6) is 0. The second-order valence-corrected chi connectivity index (χ2v) is 4.86. The van der Waals surface area contributed by atoms with Crippen molar-refractivity contribution in [3.8, 4) is 0 Å². The van der Waals surface area contributed by atoms with E-state index in [0.29, 0.717) is 0 Å². The molecular formula is C15H24N2. The SMILES string of the molecule is CCCCc1ccc(N2CCCNCC2)cc1. The Morgan fingerprint density at radius 2 is 1.94 bits per heavy atom. The first-order chi connectivity index (χ1) is 8.40. The summed E-state index contributed by atoms with van der Waals surface area (Å²) >= 11 is 0. The maximum atomic E-state index is 3.44. The molecule has 1 aromatic rings. The van der Waals surface area contributed by atoms with Crippen molar-refractivity contribution in [3.05, 3.63) is 29.8 Å². The van der Waals surface area contributed by atoms with E-state index in [1.54, 1.807) is 0 Å². The summed E-state index contributed by atoms with van der Waals surface area (Å²) in [4.78, 5) is 2.49. The Kier molecular flexibility index (Phi) is 4.87. The van der Waals surface area contributed by atoms with Gasteiger partial charge in [-0.15, -0.1) is 0 Å². The van der Waals surface area contributed by atoms with Crippen LogP contribution in [0.25, 0.3) is 0 Å². The number of hydrogen-bond donors (Lipinski definition) is 1. The van der Waals surface area contributed by atoms with Crippen LogP contribution < -0.4 is 10.2 Å². The topological polar surface area (TPSA) is 15.3 Å². The molecule has 1 aromatic carbocycles. The summed E-state index contributed by atoms with van der Waals surface area (Å²) in [7, 11) is 0. The third kappa shape index (κ3) is 3.74. The smallest absolute Gasteiger partial charge is 0.0366 e. The Morgan fingerprint density at radius 1 is 1.12 bits per heavy atom. The Labute approximate surface area is 105 Å². The standard InChI is InChI=1S/C15H24N2/c1-2-3-5-14-6-8-15(9-7-14)17-12-4-10-16-11-13-17/h6-9,16H,2-5,10-13H2,1H3. The molecule has 1 saturated heterocycles. The number of hydrogen-bond acceptors (Lipinski definition) is 2. The zero-order chi connectivity index (χ0) is 11.9. The Bertz CT molecular complexity index is 310. The van der Waals surface area contributed by atoms with Gasteiger partial charge < -0.3 is 10.2 Å². The molecular weight excluding hydrogens is 208 g/mol. The highest BCUT2D eigenvalue weighted by Crippen LogP contribution is 2.17. The molecule has 0 unspecified atom stereocenters. The van der Waals surface area contributed by atoms with Crippen LogP contribution in [0.1, 0.15) is 31.7 Å². The molecule has 1 heterocycles. The van der Waals surface area contributed by atoms with Gasteiger partial charge in [0.05, 0.1) is 0 Å². The summed E-state index contributed by atoms with van der Waals surface area (Å²) < 4.78 is 0. The highest BCUT2D eigenvalue weighted by molar-refractivity contribution is 5.47. The monoisotopic (exact) mass is 232 g/mol. The summed E-state index contributed by atoms with van der Waals surface area (Å²) in [5.41, 5.74) is 2.86. The van der Waals surface area contributed by atoms with Crippen molar-refractivity contribution in [1.82, 2.24) is 5.32 Å². The molecule has 1 aliphatic heterocycles. The maximum Gasteiger partial charge on any atom is 0.0366 e. The number of nitrogens with zero attached hydrogens (tertiary/aromatic N) is 1. The van der Waals surface area contributed by atoms with Gasteiger partial charge in [0.1, 0.15) is 0 Å². The summed E-state index contributed by atoms with van der Waals surface area (Å²) in [6.07, 6.45) is 5.04. The van der Waals surface area contributed by atoms with E-state index in [1.807, 2.05) is 0 Å². The maximum absolute atomic E-state index is 3.44. The molecule has 0 amide bonds. The highest BCUT2D eigenvalue weighted by Gasteiger charge is 2.08. The zero-order valence-electron chi connectivity index (χ0n) is 10.9. The molecule has 0 bridgehead atoms. The van der Waals surface area contributed by atoms with E-state index in [2.05, 4.69) is 41.4 Å². The molecule has 17 heavy (non-hydrogen) atoms. The molecule has 1 N–H and O–H groups in total. The lowest BCUT2D eigenvalue weighted by molar-refractivity contribution is 0.724. The Morgan fingerprint density at radius 3 is 2.71 bits per heavy atom. The van der Waals surface area contributed by atoms with E-state index in [9.17, 15) is 0 Å². The van der Waals surface area contributed by atoms with Crippen LogP contribution in [0, 0.1) is 0 Å². The fraction of sp³-hybridized carbons (Fsp3) is 0.600. The largest absolute Gasteiger partial charge is 0.370 e. The van der Waals surface area contributed by atoms with E-state index < -0.39 is 0 Å². The minimum absolute atomic E-state index is 1.11. The van der Waals surface area contributed by atoms with Crippen molar-refractivity contribution in [2.24, 2.45) is 0 Å². The van der Waals surface area contributed by atoms with Crippen molar-refractivity contribution >= 4 is 5.69 Å². The van der Waals surface area contributed by atoms with Gasteiger partial charge in [0, 0.05) is 25.3 Å². The van der Waals surface area contributed by atoms with Crippen molar-refractivity contribution in [2.75, 3.05) is 31.1 Å². The zero-order valence-corrected chi connectivity index (χ0v) is 10.9. The van der Waals surface area contributed by atoms with Crippen LogP contribution in [0.3, 0.4) is 0 Å². The second kappa shape index (κ2) is 6.65. The molecule has 0 aliphatic carbocycles. The van der Waals surface area contributed by atoms with Crippen LogP contribution in [0.15, 0.2) is 24.3 Å². The van der Waals surface area contributed by atoms with Crippen LogP contribution in [-0.2, 0) is 6.42 Å². The van der Waals surface area contributed by atoms with Crippen LogP contribution in [0.4, 0.5) is 5.69 Å². The lowest BCUT2D eigenvalue weighted by Gasteiger charge is -2.22. The molecule has 2 nitrogen and oxygen atoms in total. The molecule has 2 rings (SSSR count). The number of rotatable bonds is 4. The molecule has 0 radical (unpaired) electrons. The predicted octanol–water partition coefficient (Wildman–Crippen LogP) is 2.83. The van der Waals surface area contributed by atoms with E-state index in [1.165, 1.54) is 43.5 Å². The van der Waals surface area contributed by atoms with E-state index in [-0.39, 0.29) is 0 Å². The highest BCUT2D eigenvalue weighted by atomic mass is 15.2. The summed E-state index contributed by atoms with van der Waals surface area (Å²) in [5, 5.41) is 3.44. The number of benzene rings is 1. The first-order valence-corrected chi connectivity index (χ1v) is 6.95. The van der Waals surface area contributed by atoms with Crippen molar-refractivity contribution in [3.63, 3.8) is 0 Å². The van der Waals surface area contributed by atoms with Crippen molar-refractivity contribution in [2.45, 2.75) is 32.6 Å². The number of aryl methyl sites for hydroxylation is 1. The minimum atomic E-state index is 1.11. The van der Waals surface area contributed by atoms with E-state index in [4.69, 9.17) is 0 Å². The predicted molar refractivity (Wildman–Crippen MR) is 74.8 cm³/mol. The first kappa shape index (κ1) is 12.4. The van der Waals surface area contributed by atoms with Crippen molar-refractivity contribution in [1.29, 1.82) is 0 Å². The van der Waals surface area contributed by atoms with Crippen LogP contribution in [-0.4, -0.2) is 26.2 Å². The molecule has 1 fully saturated rings. The average Bonchev–Trinajstić information content (AvgIpc) is 2.66. The van der Waals surface area contributed by atoms with Gasteiger partial charge in [-0.2, -0.15) is 0 Å². The normalized spacial score (nSPS) is 16.9. The van der Waals surface area contributed by atoms with E-state index in [0.717, 1.165) is 19.6 Å². The lowest BCUT2D eigenvalue weighted by atomic mass is 10.1. The van der Waals surface area contributed by atoms with Gasteiger partial charge in [0.2, 0.25) is 0 Å². The van der Waals surface area contributed by atoms with Gasteiger partial charge in [-0.3, -0.25) is 0 Å². The molecule has 0 spiro atoms. The summed E-state index contributed by atoms with van der Waals surface area (Å²) in [6.45, 7) is 6.83. The minimum Gasteiger partial charge on any atom is -0.370 e. The van der Waals surface area contributed by atoms with Gasteiger partial charge in [0.25, 0.3) is 0 Å². The van der Waals surface area contributed by atoms with Crippen LogP contribution >= 0.6 is 0 Å². The van der Waals surface area contributed by atoms with Gasteiger partial charge in [-0.1, -0.05) is 25.5 Å². The average molecular weight is 232 g/mol. The van der Waals surface area contributed by atoms with Gasteiger partial charge in [0.15, 0.2) is 0 Å². The fourth-order valence-corrected chi connectivity index (χ4v) is 2.36. The molecule has 94 valence electrons. The molecule has 0 atom stereocenters. The molecule has 0 aromatic heterocycles. The second-order valence-electron chi connectivity index (χ2n) is 4.86. The van der Waals surface area contributed by atoms with Gasteiger partial charge in [-0.05, 0) is 43.5 Å². The number of nitrogens with one attached hydrogen (secondary N) is 1. The van der Waals surface area contributed by atoms with E-state index >= 15 is 0 Å². The third-order valence-electron chi connectivity index (χ3n) is 3.46. The lowest BCUT2D eigenvalue weighted by Crippen LogP contribution is -2.27.